The number of hydrogen-bond acceptors (Lipinski definition) is 9. The van der Waals surface area contributed by atoms with Crippen molar-refractivity contribution in [2.24, 2.45) is 23.2 Å². The van der Waals surface area contributed by atoms with E-state index >= 15 is 0 Å². The molecule has 4 N–H and O–H groups in total. The molecule has 0 spiro atoms. The Morgan fingerprint density at radius 1 is 1.17 bits per heavy atom. The van der Waals surface area contributed by atoms with Gasteiger partial charge in [0.2, 0.25) is 0 Å². The van der Waals surface area contributed by atoms with Crippen molar-refractivity contribution in [2.45, 2.75) is 85.9 Å². The minimum atomic E-state index is -0.0262. The van der Waals surface area contributed by atoms with E-state index in [0.717, 1.165) is 56.2 Å². The van der Waals surface area contributed by atoms with Crippen molar-refractivity contribution in [1.82, 2.24) is 45.6 Å². The summed E-state index contributed by atoms with van der Waals surface area (Å²) in [5.41, 5.74) is 2.40. The van der Waals surface area contributed by atoms with Crippen molar-refractivity contribution in [3.05, 3.63) is 54.2 Å². The zero-order valence-electron chi connectivity index (χ0n) is 30.4. The van der Waals surface area contributed by atoms with Crippen LogP contribution in [0.5, 0.6) is 0 Å². The Morgan fingerprint density at radius 2 is 2.00 bits per heavy atom. The largest absolute Gasteiger partial charge is 0.378 e. The molecule has 1 aliphatic rings. The lowest BCUT2D eigenvalue weighted by atomic mass is 9.72. The lowest BCUT2D eigenvalue weighted by molar-refractivity contribution is 0.0902. The van der Waals surface area contributed by atoms with Crippen molar-refractivity contribution in [1.29, 1.82) is 0 Å². The molecule has 1 aromatic carbocycles. The van der Waals surface area contributed by atoms with E-state index in [4.69, 9.17) is 0 Å². The second kappa shape index (κ2) is 18.4. The van der Waals surface area contributed by atoms with E-state index < -0.39 is 0 Å². The Morgan fingerprint density at radius 3 is 2.71 bits per heavy atom. The summed E-state index contributed by atoms with van der Waals surface area (Å²) in [7, 11) is 4.21. The number of hydrogen-bond donors (Lipinski definition) is 4. The number of carbonyl (C=O) groups is 1. The highest BCUT2D eigenvalue weighted by atomic mass is 16.1. The second-order valence-electron chi connectivity index (χ2n) is 14.5. The molecule has 3 heterocycles. The Labute approximate surface area is 288 Å². The molecule has 1 saturated heterocycles. The average molecular weight is 661 g/mol. The smallest absolute Gasteiger partial charge is 0.251 e. The van der Waals surface area contributed by atoms with Crippen molar-refractivity contribution in [3.63, 3.8) is 0 Å². The lowest BCUT2D eigenvalue weighted by Gasteiger charge is -2.42. The number of nitrogens with zero attached hydrogens (tertiary/aromatic N) is 6. The topological polar surface area (TPSA) is 125 Å². The van der Waals surface area contributed by atoms with Crippen LogP contribution < -0.4 is 21.3 Å². The van der Waals surface area contributed by atoms with E-state index in [0.29, 0.717) is 54.8 Å². The number of amides is 1. The zero-order chi connectivity index (χ0) is 34.5. The van der Waals surface area contributed by atoms with Gasteiger partial charge in [-0.1, -0.05) is 59.9 Å². The maximum Gasteiger partial charge on any atom is 0.251 e. The number of piperidine rings is 1. The number of carbonyl (C=O) groups excluding carboxylic acids is 1. The highest BCUT2D eigenvalue weighted by molar-refractivity contribution is 5.95. The Kier molecular flexibility index (Phi) is 14.3. The number of nitrogens with one attached hydrogen (secondary N) is 4. The van der Waals surface area contributed by atoms with Gasteiger partial charge in [-0.05, 0) is 80.9 Å². The molecule has 4 atom stereocenters. The van der Waals surface area contributed by atoms with Crippen LogP contribution in [0, 0.1) is 23.2 Å². The van der Waals surface area contributed by atoms with E-state index in [1.165, 1.54) is 25.6 Å². The summed E-state index contributed by atoms with van der Waals surface area (Å²) in [6.45, 7) is 17.0. The van der Waals surface area contributed by atoms with Crippen LogP contribution >= 0.6 is 0 Å². The minimum Gasteiger partial charge on any atom is -0.378 e. The molecule has 264 valence electrons. The summed E-state index contributed by atoms with van der Waals surface area (Å²) in [4.78, 5) is 24.1. The molecule has 0 aliphatic carbocycles. The van der Waals surface area contributed by atoms with E-state index in [2.05, 4.69) is 99.6 Å². The first-order valence-corrected chi connectivity index (χ1v) is 18.0. The molecule has 0 saturated carbocycles. The zero-order valence-corrected chi connectivity index (χ0v) is 30.4. The summed E-state index contributed by atoms with van der Waals surface area (Å²) >= 11 is 0. The standard InChI is InChI=1S/C37H60N10O/c1-8-12-27(9-2)34-31(10-3)29(15-18-40-34)22-42-36(48)28-13-11-14-30(21-28)41-23-33-44-45-35(32-16-17-39-26-43-32)47(33)20-19-38-24-37(4,5)25-46(6)7/h11,13-14,16-17,21,26-27,29,31,34,38,40-41H,8-10,12,15,18-20,22-25H2,1-7H3,(H,42,48). The molecule has 1 aliphatic heterocycles. The summed E-state index contributed by atoms with van der Waals surface area (Å²) in [5, 5.41) is 23.3. The maximum atomic E-state index is 13.4. The van der Waals surface area contributed by atoms with Gasteiger partial charge in [0.25, 0.3) is 5.91 Å². The van der Waals surface area contributed by atoms with Crippen LogP contribution in [-0.4, -0.2) is 88.4 Å². The van der Waals surface area contributed by atoms with Crippen LogP contribution in [0.4, 0.5) is 5.69 Å². The van der Waals surface area contributed by atoms with Gasteiger partial charge < -0.3 is 30.7 Å². The average Bonchev–Trinajstić information content (AvgIpc) is 3.49. The quantitative estimate of drug-likeness (QED) is 0.130. The van der Waals surface area contributed by atoms with Crippen LogP contribution in [0.25, 0.3) is 11.5 Å². The summed E-state index contributed by atoms with van der Waals surface area (Å²) in [6.07, 6.45) is 9.16. The fourth-order valence-electron chi connectivity index (χ4n) is 7.58. The third kappa shape index (κ3) is 10.5. The normalized spacial score (nSPS) is 19.0. The number of anilines is 1. The summed E-state index contributed by atoms with van der Waals surface area (Å²) < 4.78 is 2.11. The first kappa shape index (κ1) is 37.4. The molecule has 0 radical (unpaired) electrons. The van der Waals surface area contributed by atoms with Crippen molar-refractivity contribution in [2.75, 3.05) is 52.1 Å². The van der Waals surface area contributed by atoms with Gasteiger partial charge in [0, 0.05) is 56.2 Å². The molecule has 11 heteroatoms. The first-order chi connectivity index (χ1) is 23.2. The van der Waals surface area contributed by atoms with Crippen molar-refractivity contribution >= 4 is 11.6 Å². The molecule has 2 aromatic heterocycles. The predicted octanol–water partition coefficient (Wildman–Crippen LogP) is 5.09. The molecule has 48 heavy (non-hydrogen) atoms. The maximum absolute atomic E-state index is 13.4. The molecule has 0 bridgehead atoms. The summed E-state index contributed by atoms with van der Waals surface area (Å²) in [6, 6.07) is 10.1. The minimum absolute atomic E-state index is 0.0262. The van der Waals surface area contributed by atoms with Crippen molar-refractivity contribution in [3.8, 4) is 11.5 Å². The van der Waals surface area contributed by atoms with Gasteiger partial charge in [-0.3, -0.25) is 4.79 Å². The number of aromatic nitrogens is 5. The van der Waals surface area contributed by atoms with Gasteiger partial charge in [0.05, 0.1) is 6.54 Å². The SMILES string of the molecule is CCCC(CC)C1NCCC(CNC(=O)c2cccc(NCc3nnc(-c4ccncn4)n3CCNCC(C)(C)CN(C)C)c2)C1CC. The molecule has 1 amide bonds. The van der Waals surface area contributed by atoms with Crippen LogP contribution in [0.15, 0.2) is 42.9 Å². The monoisotopic (exact) mass is 660 g/mol. The van der Waals surface area contributed by atoms with Crippen LogP contribution in [0.1, 0.15) is 82.9 Å². The fourth-order valence-corrected chi connectivity index (χ4v) is 7.58. The predicted molar refractivity (Wildman–Crippen MR) is 195 cm³/mol. The molecular weight excluding hydrogens is 600 g/mol. The van der Waals surface area contributed by atoms with Gasteiger partial charge in [-0.2, -0.15) is 0 Å². The van der Waals surface area contributed by atoms with E-state index in [1.54, 1.807) is 6.20 Å². The third-order valence-corrected chi connectivity index (χ3v) is 9.72. The molecular formula is C37H60N10O. The Hall–Kier alpha value is -3.41. The van der Waals surface area contributed by atoms with Crippen LogP contribution in [-0.2, 0) is 13.1 Å². The number of rotatable bonds is 19. The fraction of sp³-hybridized carbons (Fsp3) is 0.649. The van der Waals surface area contributed by atoms with E-state index in [1.807, 2.05) is 30.3 Å². The molecule has 11 nitrogen and oxygen atoms in total. The molecule has 1 fully saturated rings. The molecule has 4 unspecified atom stereocenters. The highest BCUT2D eigenvalue weighted by Gasteiger charge is 2.35. The molecule has 4 rings (SSSR count). The van der Waals surface area contributed by atoms with Crippen LogP contribution in [0.2, 0.25) is 0 Å². The van der Waals surface area contributed by atoms with Gasteiger partial charge in [0.1, 0.15) is 12.0 Å². The van der Waals surface area contributed by atoms with Crippen molar-refractivity contribution < 1.29 is 4.79 Å². The van der Waals surface area contributed by atoms with Crippen LogP contribution in [0.3, 0.4) is 0 Å². The van der Waals surface area contributed by atoms with Gasteiger partial charge in [0.15, 0.2) is 11.6 Å². The third-order valence-electron chi connectivity index (χ3n) is 9.72. The van der Waals surface area contributed by atoms with Gasteiger partial charge in [-0.15, -0.1) is 10.2 Å². The van der Waals surface area contributed by atoms with E-state index in [-0.39, 0.29) is 11.3 Å². The Balaban J connectivity index is 1.38. The lowest BCUT2D eigenvalue weighted by Crippen LogP contribution is -2.52. The number of benzene rings is 1. The van der Waals surface area contributed by atoms with Gasteiger partial charge >= 0.3 is 0 Å². The van der Waals surface area contributed by atoms with Gasteiger partial charge in [-0.25, -0.2) is 9.97 Å². The highest BCUT2D eigenvalue weighted by Crippen LogP contribution is 2.33. The molecule has 3 aromatic rings. The Bertz CT molecular complexity index is 1390. The summed E-state index contributed by atoms with van der Waals surface area (Å²) in [5.74, 6) is 3.24. The second-order valence-corrected chi connectivity index (χ2v) is 14.5. The van der Waals surface area contributed by atoms with E-state index in [9.17, 15) is 4.79 Å². The first-order valence-electron chi connectivity index (χ1n) is 18.0.